The summed E-state index contributed by atoms with van der Waals surface area (Å²) in [5.41, 5.74) is 5.26. The number of hydrogen-bond donors (Lipinski definition) is 2. The van der Waals surface area contributed by atoms with Crippen molar-refractivity contribution in [3.8, 4) is 5.75 Å². The summed E-state index contributed by atoms with van der Waals surface area (Å²) < 4.78 is 0. The zero-order chi connectivity index (χ0) is 26.2. The van der Waals surface area contributed by atoms with E-state index >= 15 is 0 Å². The van der Waals surface area contributed by atoms with Crippen molar-refractivity contribution in [2.24, 2.45) is 0 Å². The number of fused-ring (bicyclic) bond motifs is 1. The van der Waals surface area contributed by atoms with Crippen LogP contribution in [0, 0.1) is 0 Å². The molecule has 1 amide bonds. The molecule has 0 saturated heterocycles. The van der Waals surface area contributed by atoms with Crippen molar-refractivity contribution >= 4 is 12.0 Å². The minimum atomic E-state index is 0.0186. The Morgan fingerprint density at radius 1 is 1.14 bits per heavy atom. The zero-order valence-corrected chi connectivity index (χ0v) is 22.2. The van der Waals surface area contributed by atoms with Gasteiger partial charge in [0.2, 0.25) is 0 Å². The number of imidazole rings is 1. The van der Waals surface area contributed by atoms with E-state index in [0.29, 0.717) is 24.4 Å². The number of carbonyl (C=O) groups is 1. The van der Waals surface area contributed by atoms with Gasteiger partial charge in [-0.2, -0.15) is 0 Å². The normalized spacial score (nSPS) is 15.9. The summed E-state index contributed by atoms with van der Waals surface area (Å²) in [7, 11) is 0. The summed E-state index contributed by atoms with van der Waals surface area (Å²) in [6.45, 7) is 9.02. The van der Waals surface area contributed by atoms with Gasteiger partial charge in [0, 0.05) is 43.6 Å². The van der Waals surface area contributed by atoms with E-state index in [1.165, 1.54) is 11.1 Å². The Balaban J connectivity index is 1.57. The SMILES string of the molecule is C/C=C\CC/C=C/c1ncc(CN2CCc3cc(O)ccc3C2c2ccc(C(=O)N(CC)CC)cc2)[nH]1. The number of nitrogens with zero attached hydrogens (tertiary/aromatic N) is 3. The fourth-order valence-corrected chi connectivity index (χ4v) is 5.04. The van der Waals surface area contributed by atoms with E-state index in [4.69, 9.17) is 0 Å². The number of phenolic OH excluding ortho intramolecular Hbond substituents is 1. The van der Waals surface area contributed by atoms with Crippen molar-refractivity contribution in [1.29, 1.82) is 0 Å². The van der Waals surface area contributed by atoms with Crippen LogP contribution in [0.1, 0.15) is 78.2 Å². The Hall–Kier alpha value is -3.64. The second kappa shape index (κ2) is 12.5. The number of rotatable bonds is 10. The van der Waals surface area contributed by atoms with E-state index in [-0.39, 0.29) is 11.9 Å². The standard InChI is InChI=1S/C31H38N4O2/c1-4-7-8-9-10-11-29-32-21-26(33-29)22-35-19-18-25-20-27(36)16-17-28(25)30(35)23-12-14-24(15-13-23)31(37)34(5-2)6-3/h4,7,10-17,20-21,30,36H,5-6,8-9,18-19,22H2,1-3H3,(H,32,33)/b7-4-,11-10+. The van der Waals surface area contributed by atoms with Crippen LogP contribution in [0.5, 0.6) is 5.75 Å². The van der Waals surface area contributed by atoms with Gasteiger partial charge in [0.1, 0.15) is 11.6 Å². The minimum absolute atomic E-state index is 0.0186. The van der Waals surface area contributed by atoms with E-state index in [9.17, 15) is 9.90 Å². The molecule has 1 unspecified atom stereocenters. The number of H-pyrrole nitrogens is 1. The molecule has 0 aliphatic carbocycles. The topological polar surface area (TPSA) is 72.5 Å². The zero-order valence-electron chi connectivity index (χ0n) is 22.2. The molecule has 4 rings (SSSR count). The average molecular weight is 499 g/mol. The van der Waals surface area contributed by atoms with Crippen LogP contribution in [0.4, 0.5) is 0 Å². The predicted octanol–water partition coefficient (Wildman–Crippen LogP) is 6.11. The van der Waals surface area contributed by atoms with Crippen LogP contribution >= 0.6 is 0 Å². The molecular weight excluding hydrogens is 460 g/mol. The van der Waals surface area contributed by atoms with Gasteiger partial charge in [-0.15, -0.1) is 0 Å². The van der Waals surface area contributed by atoms with Gasteiger partial charge in [-0.05, 0) is 87.1 Å². The van der Waals surface area contributed by atoms with Crippen LogP contribution in [0.15, 0.2) is 66.9 Å². The fraction of sp³-hybridized carbons (Fsp3) is 0.355. The Kier molecular flexibility index (Phi) is 8.96. The number of benzene rings is 2. The van der Waals surface area contributed by atoms with E-state index in [1.54, 1.807) is 6.07 Å². The Labute approximate surface area is 220 Å². The first-order valence-electron chi connectivity index (χ1n) is 13.3. The third-order valence-corrected chi connectivity index (χ3v) is 7.01. The van der Waals surface area contributed by atoms with Crippen LogP contribution in [-0.2, 0) is 13.0 Å². The first-order valence-corrected chi connectivity index (χ1v) is 13.3. The lowest BCUT2D eigenvalue weighted by molar-refractivity contribution is 0.0773. The van der Waals surface area contributed by atoms with Gasteiger partial charge in [0.15, 0.2) is 0 Å². The Morgan fingerprint density at radius 3 is 2.62 bits per heavy atom. The number of phenols is 1. The molecule has 194 valence electrons. The lowest BCUT2D eigenvalue weighted by Crippen LogP contribution is -2.36. The summed E-state index contributed by atoms with van der Waals surface area (Å²) >= 11 is 0. The number of unbranched alkanes of at least 4 members (excludes halogenated alkanes) is 1. The van der Waals surface area contributed by atoms with Gasteiger partial charge in [0.25, 0.3) is 5.91 Å². The average Bonchev–Trinajstić information content (AvgIpc) is 3.36. The smallest absolute Gasteiger partial charge is 0.253 e. The molecule has 0 fully saturated rings. The molecule has 2 aromatic carbocycles. The lowest BCUT2D eigenvalue weighted by Gasteiger charge is -2.37. The first kappa shape index (κ1) is 26.4. The summed E-state index contributed by atoms with van der Waals surface area (Å²) in [5.74, 6) is 1.23. The van der Waals surface area contributed by atoms with Crippen molar-refractivity contribution in [3.05, 3.63) is 101 Å². The number of aromatic nitrogens is 2. The van der Waals surface area contributed by atoms with Crippen molar-refractivity contribution in [3.63, 3.8) is 0 Å². The van der Waals surface area contributed by atoms with Gasteiger partial charge < -0.3 is 15.0 Å². The number of aromatic amines is 1. The van der Waals surface area contributed by atoms with Crippen LogP contribution in [0.3, 0.4) is 0 Å². The molecule has 0 spiro atoms. The Bertz CT molecular complexity index is 1240. The number of aromatic hydroxyl groups is 1. The van der Waals surface area contributed by atoms with E-state index in [0.717, 1.165) is 49.4 Å². The number of nitrogens with one attached hydrogen (secondary N) is 1. The molecule has 0 radical (unpaired) electrons. The summed E-state index contributed by atoms with van der Waals surface area (Å²) in [6.07, 6.45) is 13.2. The molecule has 2 heterocycles. The molecule has 1 atom stereocenters. The highest BCUT2D eigenvalue weighted by atomic mass is 16.3. The van der Waals surface area contributed by atoms with Gasteiger partial charge in [-0.25, -0.2) is 4.98 Å². The molecule has 37 heavy (non-hydrogen) atoms. The van der Waals surface area contributed by atoms with Gasteiger partial charge in [-0.3, -0.25) is 9.69 Å². The predicted molar refractivity (Wildman–Crippen MR) is 149 cm³/mol. The van der Waals surface area contributed by atoms with Crippen LogP contribution in [0.2, 0.25) is 0 Å². The molecule has 2 N–H and O–H groups in total. The van der Waals surface area contributed by atoms with Crippen LogP contribution < -0.4 is 0 Å². The summed E-state index contributed by atoms with van der Waals surface area (Å²) in [4.78, 5) is 25.1. The van der Waals surface area contributed by atoms with E-state index in [1.807, 2.05) is 62.2 Å². The maximum absolute atomic E-state index is 12.8. The number of hydrogen-bond acceptors (Lipinski definition) is 4. The number of amides is 1. The van der Waals surface area contributed by atoms with Crippen molar-refractivity contribution < 1.29 is 9.90 Å². The van der Waals surface area contributed by atoms with Crippen molar-refractivity contribution in [1.82, 2.24) is 19.8 Å². The number of carbonyl (C=O) groups excluding carboxylic acids is 1. The third kappa shape index (κ3) is 6.38. The summed E-state index contributed by atoms with van der Waals surface area (Å²) in [6, 6.07) is 13.7. The fourth-order valence-electron chi connectivity index (χ4n) is 5.04. The van der Waals surface area contributed by atoms with Gasteiger partial charge in [-0.1, -0.05) is 36.4 Å². The van der Waals surface area contributed by atoms with E-state index < -0.39 is 0 Å². The second-order valence-corrected chi connectivity index (χ2v) is 9.45. The lowest BCUT2D eigenvalue weighted by atomic mass is 9.87. The second-order valence-electron chi connectivity index (χ2n) is 9.45. The van der Waals surface area contributed by atoms with Crippen LogP contribution in [-0.4, -0.2) is 50.4 Å². The molecule has 1 aromatic heterocycles. The van der Waals surface area contributed by atoms with Gasteiger partial charge >= 0.3 is 0 Å². The highest BCUT2D eigenvalue weighted by molar-refractivity contribution is 5.94. The summed E-state index contributed by atoms with van der Waals surface area (Å²) in [5, 5.41) is 10.1. The molecule has 1 aliphatic heterocycles. The molecule has 6 nitrogen and oxygen atoms in total. The first-order chi connectivity index (χ1) is 18.0. The molecule has 3 aromatic rings. The largest absolute Gasteiger partial charge is 0.508 e. The molecule has 0 saturated carbocycles. The number of allylic oxidation sites excluding steroid dienone is 3. The van der Waals surface area contributed by atoms with Crippen molar-refractivity contribution in [2.75, 3.05) is 19.6 Å². The highest BCUT2D eigenvalue weighted by Crippen LogP contribution is 2.37. The molecule has 6 heteroatoms. The molecule has 1 aliphatic rings. The maximum atomic E-state index is 12.8. The monoisotopic (exact) mass is 498 g/mol. The van der Waals surface area contributed by atoms with Gasteiger partial charge in [0.05, 0.1) is 6.04 Å². The van der Waals surface area contributed by atoms with Crippen molar-refractivity contribution in [2.45, 2.75) is 52.6 Å². The molecular formula is C31H38N4O2. The maximum Gasteiger partial charge on any atom is 0.253 e. The van der Waals surface area contributed by atoms with Crippen LogP contribution in [0.25, 0.3) is 6.08 Å². The Morgan fingerprint density at radius 2 is 1.89 bits per heavy atom. The van der Waals surface area contributed by atoms with E-state index in [2.05, 4.69) is 45.2 Å². The quantitative estimate of drug-likeness (QED) is 0.261. The molecule has 0 bridgehead atoms. The minimum Gasteiger partial charge on any atom is -0.508 e. The highest BCUT2D eigenvalue weighted by Gasteiger charge is 2.29. The third-order valence-electron chi connectivity index (χ3n) is 7.01.